The van der Waals surface area contributed by atoms with Gasteiger partial charge in [-0.25, -0.2) is 14.7 Å². The molecule has 1 aliphatic rings. The summed E-state index contributed by atoms with van der Waals surface area (Å²) in [6.45, 7) is 5.63. The fourth-order valence-corrected chi connectivity index (χ4v) is 2.91. The summed E-state index contributed by atoms with van der Waals surface area (Å²) in [5, 5.41) is 5.63. The first-order chi connectivity index (χ1) is 11.2. The van der Waals surface area contributed by atoms with E-state index in [1.165, 1.54) is 4.90 Å². The predicted molar refractivity (Wildman–Crippen MR) is 88.8 cm³/mol. The molecule has 1 fully saturated rings. The Labute approximate surface area is 144 Å². The monoisotopic (exact) mass is 350 g/mol. The van der Waals surface area contributed by atoms with E-state index in [1.807, 2.05) is 0 Å². The van der Waals surface area contributed by atoms with Gasteiger partial charge in [0.1, 0.15) is 10.8 Å². The van der Waals surface area contributed by atoms with Gasteiger partial charge in [0.25, 0.3) is 0 Å². The van der Waals surface area contributed by atoms with E-state index in [9.17, 15) is 9.59 Å². The molecule has 0 radical (unpaired) electrons. The highest BCUT2D eigenvalue weighted by molar-refractivity contribution is 6.30. The molecule has 0 aliphatic carbocycles. The summed E-state index contributed by atoms with van der Waals surface area (Å²) in [6, 6.07) is 1.62. The van der Waals surface area contributed by atoms with Crippen molar-refractivity contribution >= 4 is 34.5 Å². The van der Waals surface area contributed by atoms with E-state index in [1.54, 1.807) is 43.9 Å². The number of ether oxygens (including phenoxy) is 1. The van der Waals surface area contributed by atoms with E-state index in [0.717, 1.165) is 10.9 Å². The fourth-order valence-electron chi connectivity index (χ4n) is 2.74. The summed E-state index contributed by atoms with van der Waals surface area (Å²) in [4.78, 5) is 29.7. The first-order valence-corrected chi connectivity index (χ1v) is 8.14. The number of nitrogens with zero attached hydrogens (tertiary/aromatic N) is 4. The summed E-state index contributed by atoms with van der Waals surface area (Å²) < 4.78 is 7.06. The Hall–Kier alpha value is -2.15. The van der Waals surface area contributed by atoms with Crippen LogP contribution in [0.3, 0.4) is 0 Å². The van der Waals surface area contributed by atoms with Crippen LogP contribution < -0.4 is 0 Å². The number of piperidine rings is 1. The number of hydrogen-bond acceptors (Lipinski definition) is 5. The second-order valence-electron chi connectivity index (χ2n) is 6.83. The van der Waals surface area contributed by atoms with Gasteiger partial charge in [0.05, 0.1) is 24.0 Å². The van der Waals surface area contributed by atoms with Gasteiger partial charge >= 0.3 is 6.09 Å². The third-order valence-corrected chi connectivity index (χ3v) is 4.01. The van der Waals surface area contributed by atoms with Crippen LogP contribution in [0.1, 0.15) is 39.7 Å². The first kappa shape index (κ1) is 16.7. The molecule has 128 valence electrons. The average Bonchev–Trinajstić information content (AvgIpc) is 2.87. The molecule has 2 aromatic rings. The van der Waals surface area contributed by atoms with Crippen LogP contribution in [0.2, 0.25) is 5.15 Å². The standard InChI is InChI=1S/C16H19ClN4O3/c1-16(2,3)24-15(23)20-5-4-11(7-14(20)22)21-12-9-18-13(17)6-10(12)8-19-21/h6,8-9,11H,4-5,7H2,1-3H3. The van der Waals surface area contributed by atoms with Gasteiger partial charge in [0, 0.05) is 18.4 Å². The van der Waals surface area contributed by atoms with Gasteiger partial charge in [0.15, 0.2) is 0 Å². The molecule has 1 atom stereocenters. The van der Waals surface area contributed by atoms with Crippen molar-refractivity contribution in [3.63, 3.8) is 0 Å². The molecule has 24 heavy (non-hydrogen) atoms. The summed E-state index contributed by atoms with van der Waals surface area (Å²) in [6.07, 6.45) is 3.57. The van der Waals surface area contributed by atoms with E-state index in [0.29, 0.717) is 18.1 Å². The normalized spacial score (nSPS) is 18.9. The lowest BCUT2D eigenvalue weighted by atomic mass is 10.0. The van der Waals surface area contributed by atoms with Crippen LogP contribution in [0, 0.1) is 0 Å². The molecular formula is C16H19ClN4O3. The minimum Gasteiger partial charge on any atom is -0.443 e. The number of imide groups is 1. The van der Waals surface area contributed by atoms with Crippen LogP contribution in [-0.2, 0) is 9.53 Å². The summed E-state index contributed by atoms with van der Waals surface area (Å²) >= 11 is 5.88. The Morgan fingerprint density at radius 1 is 1.38 bits per heavy atom. The second kappa shape index (κ2) is 6.05. The Morgan fingerprint density at radius 2 is 2.12 bits per heavy atom. The topological polar surface area (TPSA) is 77.3 Å². The van der Waals surface area contributed by atoms with Crippen molar-refractivity contribution in [3.8, 4) is 0 Å². The van der Waals surface area contributed by atoms with Gasteiger partial charge in [-0.05, 0) is 33.3 Å². The largest absolute Gasteiger partial charge is 0.443 e. The minimum absolute atomic E-state index is 0.114. The molecule has 8 heteroatoms. The Bertz CT molecular complexity index is 796. The SMILES string of the molecule is CC(C)(C)OC(=O)N1CCC(n2ncc3cc(Cl)ncc32)CC1=O. The van der Waals surface area contributed by atoms with Crippen LogP contribution in [0.15, 0.2) is 18.5 Å². The third-order valence-electron chi connectivity index (χ3n) is 3.81. The van der Waals surface area contributed by atoms with Crippen LogP contribution in [-0.4, -0.2) is 43.8 Å². The van der Waals surface area contributed by atoms with Crippen molar-refractivity contribution in [2.24, 2.45) is 0 Å². The highest BCUT2D eigenvalue weighted by Gasteiger charge is 2.34. The molecule has 1 unspecified atom stereocenters. The molecule has 0 aromatic carbocycles. The molecule has 0 spiro atoms. The maximum Gasteiger partial charge on any atom is 0.417 e. The van der Waals surface area contributed by atoms with E-state index in [-0.39, 0.29) is 18.4 Å². The van der Waals surface area contributed by atoms with E-state index < -0.39 is 11.7 Å². The van der Waals surface area contributed by atoms with Crippen LogP contribution in [0.25, 0.3) is 10.9 Å². The molecule has 0 saturated carbocycles. The predicted octanol–water partition coefficient (Wildman–Crippen LogP) is 3.18. The number of pyridine rings is 1. The molecule has 3 heterocycles. The highest BCUT2D eigenvalue weighted by Crippen LogP contribution is 2.28. The smallest absolute Gasteiger partial charge is 0.417 e. The van der Waals surface area contributed by atoms with Crippen molar-refractivity contribution in [2.75, 3.05) is 6.54 Å². The molecule has 2 amide bonds. The zero-order chi connectivity index (χ0) is 17.5. The molecule has 0 N–H and O–H groups in total. The third kappa shape index (κ3) is 3.36. The minimum atomic E-state index is -0.628. The second-order valence-corrected chi connectivity index (χ2v) is 7.21. The summed E-state index contributed by atoms with van der Waals surface area (Å²) in [5.41, 5.74) is 0.195. The number of fused-ring (bicyclic) bond motifs is 1. The Balaban J connectivity index is 1.75. The summed E-state index contributed by atoms with van der Waals surface area (Å²) in [7, 11) is 0. The van der Waals surface area contributed by atoms with Crippen molar-refractivity contribution in [2.45, 2.75) is 45.3 Å². The van der Waals surface area contributed by atoms with Gasteiger partial charge < -0.3 is 4.74 Å². The number of aromatic nitrogens is 3. The van der Waals surface area contributed by atoms with Crippen LogP contribution >= 0.6 is 11.6 Å². The number of likely N-dealkylation sites (tertiary alicyclic amines) is 1. The molecule has 3 rings (SSSR count). The van der Waals surface area contributed by atoms with Gasteiger partial charge in [0.2, 0.25) is 5.91 Å². The Kier molecular flexibility index (Phi) is 4.21. The van der Waals surface area contributed by atoms with Gasteiger partial charge in [-0.2, -0.15) is 5.10 Å². The molecule has 7 nitrogen and oxygen atoms in total. The lowest BCUT2D eigenvalue weighted by molar-refractivity contribution is -0.133. The molecule has 1 saturated heterocycles. The number of hydrogen-bond donors (Lipinski definition) is 0. The molecule has 1 aliphatic heterocycles. The van der Waals surface area contributed by atoms with Crippen LogP contribution in [0.4, 0.5) is 4.79 Å². The highest BCUT2D eigenvalue weighted by atomic mass is 35.5. The maximum absolute atomic E-state index is 12.4. The zero-order valence-electron chi connectivity index (χ0n) is 13.8. The molecular weight excluding hydrogens is 332 g/mol. The van der Waals surface area contributed by atoms with Crippen molar-refractivity contribution in [1.29, 1.82) is 0 Å². The van der Waals surface area contributed by atoms with Crippen molar-refractivity contribution in [1.82, 2.24) is 19.7 Å². The van der Waals surface area contributed by atoms with Gasteiger partial charge in [-0.3, -0.25) is 9.48 Å². The molecule has 2 aromatic heterocycles. The lowest BCUT2D eigenvalue weighted by Crippen LogP contribution is -2.45. The van der Waals surface area contributed by atoms with E-state index >= 15 is 0 Å². The average molecular weight is 351 g/mol. The zero-order valence-corrected chi connectivity index (χ0v) is 14.6. The van der Waals surface area contributed by atoms with Gasteiger partial charge in [-0.1, -0.05) is 11.6 Å². The number of carbonyl (C=O) groups excluding carboxylic acids is 2. The van der Waals surface area contributed by atoms with Crippen LogP contribution in [0.5, 0.6) is 0 Å². The van der Waals surface area contributed by atoms with Crippen molar-refractivity contribution < 1.29 is 14.3 Å². The van der Waals surface area contributed by atoms with E-state index in [4.69, 9.17) is 16.3 Å². The first-order valence-electron chi connectivity index (χ1n) is 7.77. The number of amides is 2. The molecule has 0 bridgehead atoms. The number of halogens is 1. The number of carbonyl (C=O) groups is 2. The number of rotatable bonds is 1. The maximum atomic E-state index is 12.4. The van der Waals surface area contributed by atoms with Gasteiger partial charge in [-0.15, -0.1) is 0 Å². The Morgan fingerprint density at radius 3 is 2.79 bits per heavy atom. The lowest BCUT2D eigenvalue weighted by Gasteiger charge is -2.32. The van der Waals surface area contributed by atoms with E-state index in [2.05, 4.69) is 10.1 Å². The fraction of sp³-hybridized carbons (Fsp3) is 0.500. The quantitative estimate of drug-likeness (QED) is 0.738. The van der Waals surface area contributed by atoms with Crippen molar-refractivity contribution in [3.05, 3.63) is 23.6 Å². The summed E-state index contributed by atoms with van der Waals surface area (Å²) in [5.74, 6) is -0.258.